The summed E-state index contributed by atoms with van der Waals surface area (Å²) in [5, 5.41) is 0.481. The number of aromatic nitrogens is 4. The Hall–Kier alpha value is -3.20. The molecule has 0 saturated heterocycles. The lowest BCUT2D eigenvalue weighted by atomic mass is 10.2. The lowest BCUT2D eigenvalue weighted by Gasteiger charge is -2.12. The number of aromatic amines is 1. The van der Waals surface area contributed by atoms with Crippen LogP contribution in [0.5, 0.6) is 0 Å². The normalized spacial score (nSPS) is 11.4. The van der Waals surface area contributed by atoms with Crippen molar-refractivity contribution in [3.05, 3.63) is 44.9 Å². The number of anilines is 1. The zero-order valence-electron chi connectivity index (χ0n) is 13.5. The smallest absolute Gasteiger partial charge is 0.305 e. The van der Waals surface area contributed by atoms with Crippen LogP contribution in [0, 0.1) is 13.8 Å². The number of benzene rings is 1. The van der Waals surface area contributed by atoms with Crippen LogP contribution in [0.15, 0.2) is 23.1 Å². The first-order chi connectivity index (χ1) is 11.9. The van der Waals surface area contributed by atoms with Crippen LogP contribution >= 0.6 is 11.3 Å². The molecule has 3 aromatic heterocycles. The molecule has 4 rings (SSSR count). The van der Waals surface area contributed by atoms with Crippen molar-refractivity contribution in [2.24, 2.45) is 5.73 Å². The summed E-state index contributed by atoms with van der Waals surface area (Å²) >= 11 is 1.08. The summed E-state index contributed by atoms with van der Waals surface area (Å²) < 4.78 is 2.41. The molecule has 25 heavy (non-hydrogen) atoms. The Kier molecular flexibility index (Phi) is 3.16. The number of rotatable bonds is 2. The Balaban J connectivity index is 2.24. The molecule has 0 aliphatic carbocycles. The second-order valence-corrected chi connectivity index (χ2v) is 6.72. The molecule has 0 aliphatic rings. The van der Waals surface area contributed by atoms with Gasteiger partial charge in [0.1, 0.15) is 11.6 Å². The number of hydrogen-bond donors (Lipinski definition) is 3. The van der Waals surface area contributed by atoms with Gasteiger partial charge in [-0.15, -0.1) is 0 Å². The Morgan fingerprint density at radius 3 is 2.80 bits per heavy atom. The molecule has 4 aromatic rings. The zero-order valence-corrected chi connectivity index (χ0v) is 14.3. The molecule has 0 spiro atoms. The summed E-state index contributed by atoms with van der Waals surface area (Å²) in [5.74, 6) is 0.0639. The number of nitrogens with two attached hydrogens (primary N) is 2. The van der Waals surface area contributed by atoms with Gasteiger partial charge in [0.15, 0.2) is 5.65 Å². The average Bonchev–Trinajstić information content (AvgIpc) is 3.04. The minimum absolute atomic E-state index is 0.169. The molecule has 1 amide bonds. The minimum atomic E-state index is -0.652. The SMILES string of the molecule is Cc1ncc2c(C(N)=O)c(N)n(-c3c(C)ccc4[nH]c(=O)sc34)c2n1. The van der Waals surface area contributed by atoms with Crippen molar-refractivity contribution in [2.75, 3.05) is 5.73 Å². The molecule has 0 fully saturated rings. The van der Waals surface area contributed by atoms with Crippen molar-refractivity contribution in [2.45, 2.75) is 13.8 Å². The van der Waals surface area contributed by atoms with Crippen molar-refractivity contribution < 1.29 is 4.79 Å². The quantitative estimate of drug-likeness (QED) is 0.503. The maximum atomic E-state index is 11.9. The number of H-pyrrole nitrogens is 1. The Morgan fingerprint density at radius 1 is 1.32 bits per heavy atom. The molecule has 3 heterocycles. The van der Waals surface area contributed by atoms with Gasteiger partial charge in [-0.3, -0.25) is 14.2 Å². The summed E-state index contributed by atoms with van der Waals surface area (Å²) in [6.07, 6.45) is 1.54. The predicted molar refractivity (Wildman–Crippen MR) is 97.3 cm³/mol. The fourth-order valence-electron chi connectivity index (χ4n) is 3.03. The third-order valence-corrected chi connectivity index (χ3v) is 5.01. The number of thiazole rings is 1. The largest absolute Gasteiger partial charge is 0.384 e. The first-order valence-corrected chi connectivity index (χ1v) is 8.26. The van der Waals surface area contributed by atoms with Gasteiger partial charge in [0.05, 0.1) is 26.9 Å². The number of nitrogen functional groups attached to an aromatic ring is 1. The van der Waals surface area contributed by atoms with E-state index in [1.54, 1.807) is 17.7 Å². The molecular weight excluding hydrogens is 340 g/mol. The highest BCUT2D eigenvalue weighted by Gasteiger charge is 2.24. The number of aryl methyl sites for hydroxylation is 2. The number of nitrogens with zero attached hydrogens (tertiary/aromatic N) is 3. The summed E-state index contributed by atoms with van der Waals surface area (Å²) in [7, 11) is 0. The number of hydrogen-bond acceptors (Lipinski definition) is 6. The molecule has 1 aromatic carbocycles. The summed E-state index contributed by atoms with van der Waals surface area (Å²) in [5.41, 5.74) is 14.7. The van der Waals surface area contributed by atoms with Crippen LogP contribution in [-0.4, -0.2) is 25.4 Å². The van der Waals surface area contributed by atoms with Gasteiger partial charge in [-0.05, 0) is 25.5 Å². The second-order valence-electron chi connectivity index (χ2n) is 5.74. The van der Waals surface area contributed by atoms with Crippen LogP contribution in [-0.2, 0) is 0 Å². The second kappa shape index (κ2) is 5.15. The van der Waals surface area contributed by atoms with Gasteiger partial charge in [0.25, 0.3) is 5.91 Å². The van der Waals surface area contributed by atoms with Crippen LogP contribution in [0.25, 0.3) is 26.9 Å². The van der Waals surface area contributed by atoms with Gasteiger partial charge in [-0.2, -0.15) is 0 Å². The van der Waals surface area contributed by atoms with Gasteiger partial charge in [0, 0.05) is 6.20 Å². The maximum absolute atomic E-state index is 11.9. The van der Waals surface area contributed by atoms with Crippen LogP contribution in [0.1, 0.15) is 21.7 Å². The van der Waals surface area contributed by atoms with Gasteiger partial charge < -0.3 is 16.5 Å². The topological polar surface area (TPSA) is 133 Å². The van der Waals surface area contributed by atoms with E-state index in [1.807, 2.05) is 19.1 Å². The third-order valence-electron chi connectivity index (χ3n) is 4.10. The van der Waals surface area contributed by atoms with Gasteiger partial charge >= 0.3 is 4.87 Å². The Labute approximate surface area is 145 Å². The van der Waals surface area contributed by atoms with E-state index in [4.69, 9.17) is 11.5 Å². The van der Waals surface area contributed by atoms with Crippen molar-refractivity contribution >= 4 is 44.3 Å². The van der Waals surface area contributed by atoms with E-state index < -0.39 is 5.91 Å². The highest BCUT2D eigenvalue weighted by atomic mass is 32.1. The lowest BCUT2D eigenvalue weighted by molar-refractivity contribution is 0.100. The molecule has 8 nitrogen and oxygen atoms in total. The first-order valence-electron chi connectivity index (χ1n) is 7.44. The zero-order chi connectivity index (χ0) is 17.9. The fraction of sp³-hybridized carbons (Fsp3) is 0.125. The van der Waals surface area contributed by atoms with Crippen molar-refractivity contribution in [1.29, 1.82) is 0 Å². The summed E-state index contributed by atoms with van der Waals surface area (Å²) in [4.78, 5) is 35.0. The maximum Gasteiger partial charge on any atom is 0.305 e. The number of carbonyl (C=O) groups is 1. The van der Waals surface area contributed by atoms with E-state index in [9.17, 15) is 9.59 Å². The highest BCUT2D eigenvalue weighted by Crippen LogP contribution is 2.35. The van der Waals surface area contributed by atoms with E-state index in [0.29, 0.717) is 28.1 Å². The molecule has 0 aliphatic heterocycles. The Morgan fingerprint density at radius 2 is 2.08 bits per heavy atom. The minimum Gasteiger partial charge on any atom is -0.384 e. The standard InChI is InChI=1S/C16H14N6O2S/c1-6-3-4-9-12(25-16(24)21-9)11(6)22-13(17)10(14(18)23)8-5-19-7(2)20-15(8)22/h3-5H,17H2,1-2H3,(H2,18,23)(H,21,24). The summed E-state index contributed by atoms with van der Waals surface area (Å²) in [6, 6.07) is 3.72. The molecular formula is C16H14N6O2S. The fourth-order valence-corrected chi connectivity index (χ4v) is 3.96. The van der Waals surface area contributed by atoms with Crippen molar-refractivity contribution in [1.82, 2.24) is 19.5 Å². The van der Waals surface area contributed by atoms with Crippen LogP contribution in [0.3, 0.4) is 0 Å². The van der Waals surface area contributed by atoms with E-state index in [0.717, 1.165) is 21.6 Å². The summed E-state index contributed by atoms with van der Waals surface area (Å²) in [6.45, 7) is 3.65. The van der Waals surface area contributed by atoms with Crippen molar-refractivity contribution in [3.63, 3.8) is 0 Å². The third kappa shape index (κ3) is 2.13. The molecule has 126 valence electrons. The monoisotopic (exact) mass is 354 g/mol. The predicted octanol–water partition coefficient (Wildman–Crippen LogP) is 1.62. The van der Waals surface area contributed by atoms with Crippen LogP contribution in [0.2, 0.25) is 0 Å². The van der Waals surface area contributed by atoms with E-state index in [-0.39, 0.29) is 16.3 Å². The van der Waals surface area contributed by atoms with Crippen molar-refractivity contribution in [3.8, 4) is 5.69 Å². The molecule has 9 heteroatoms. The molecule has 5 N–H and O–H groups in total. The number of amides is 1. The van der Waals surface area contributed by atoms with Crippen LogP contribution in [0.4, 0.5) is 5.82 Å². The number of carbonyl (C=O) groups excluding carboxylic acids is 1. The highest BCUT2D eigenvalue weighted by molar-refractivity contribution is 7.16. The van der Waals surface area contributed by atoms with Gasteiger partial charge in [0.2, 0.25) is 0 Å². The molecule has 0 unspecified atom stereocenters. The van der Waals surface area contributed by atoms with Crippen LogP contribution < -0.4 is 16.3 Å². The molecule has 0 saturated carbocycles. The Bertz CT molecular complexity index is 1230. The van der Waals surface area contributed by atoms with E-state index >= 15 is 0 Å². The van der Waals surface area contributed by atoms with Gasteiger partial charge in [-0.1, -0.05) is 17.4 Å². The first kappa shape index (κ1) is 15.3. The number of nitrogens with one attached hydrogen (secondary N) is 1. The average molecular weight is 354 g/mol. The lowest BCUT2D eigenvalue weighted by Crippen LogP contribution is -2.13. The molecule has 0 bridgehead atoms. The van der Waals surface area contributed by atoms with Gasteiger partial charge in [-0.25, -0.2) is 9.97 Å². The number of primary amides is 1. The van der Waals surface area contributed by atoms with E-state index in [1.165, 1.54) is 0 Å². The molecule has 0 atom stereocenters. The van der Waals surface area contributed by atoms with E-state index in [2.05, 4.69) is 15.0 Å². The molecule has 0 radical (unpaired) electrons. The number of fused-ring (bicyclic) bond motifs is 2.